The standard InChI is InChI=1S/C25H24ClIN2O5/c1-25(2,3)34-24(30)28(13-7-12-26)21-15-22(33-16-17-8-5-4-6-9-17)20-14-18(29(31)32)10-11-19(20)23(21)27/h4-12,14-15H,13,16H2,1-3H3. The second kappa shape index (κ2) is 11.1. The Morgan fingerprint density at radius 1 is 1.15 bits per heavy atom. The zero-order chi connectivity index (χ0) is 24.9. The van der Waals surface area contributed by atoms with E-state index in [1.165, 1.54) is 22.6 Å². The van der Waals surface area contributed by atoms with E-state index in [0.29, 0.717) is 16.8 Å². The first kappa shape index (κ1) is 25.8. The number of non-ortho nitro benzene ring substituents is 1. The second-order valence-electron chi connectivity index (χ2n) is 8.42. The Morgan fingerprint density at radius 3 is 2.47 bits per heavy atom. The van der Waals surface area contributed by atoms with Gasteiger partial charge in [-0.2, -0.15) is 0 Å². The molecule has 7 nitrogen and oxygen atoms in total. The normalized spacial score (nSPS) is 11.6. The van der Waals surface area contributed by atoms with Gasteiger partial charge in [-0.05, 0) is 55.0 Å². The topological polar surface area (TPSA) is 81.9 Å². The smallest absolute Gasteiger partial charge is 0.415 e. The van der Waals surface area contributed by atoms with Crippen molar-refractivity contribution in [1.29, 1.82) is 0 Å². The molecule has 0 aliphatic rings. The fourth-order valence-electron chi connectivity index (χ4n) is 3.23. The van der Waals surface area contributed by atoms with E-state index in [1.54, 1.807) is 39.0 Å². The van der Waals surface area contributed by atoms with E-state index in [9.17, 15) is 14.9 Å². The number of hydrogen-bond acceptors (Lipinski definition) is 5. The number of rotatable bonds is 7. The summed E-state index contributed by atoms with van der Waals surface area (Å²) in [5.41, 5.74) is 2.08. The predicted molar refractivity (Wildman–Crippen MR) is 143 cm³/mol. The molecular weight excluding hydrogens is 571 g/mol. The highest BCUT2D eigenvalue weighted by Crippen LogP contribution is 2.39. The summed E-state index contributed by atoms with van der Waals surface area (Å²) >= 11 is 7.88. The first-order chi connectivity index (χ1) is 16.1. The molecule has 34 heavy (non-hydrogen) atoms. The monoisotopic (exact) mass is 594 g/mol. The molecule has 0 spiro atoms. The van der Waals surface area contributed by atoms with E-state index in [1.807, 2.05) is 30.3 Å². The molecule has 178 valence electrons. The Kier molecular flexibility index (Phi) is 8.37. The lowest BCUT2D eigenvalue weighted by molar-refractivity contribution is -0.384. The maximum Gasteiger partial charge on any atom is 0.415 e. The average Bonchev–Trinajstić information content (AvgIpc) is 2.79. The summed E-state index contributed by atoms with van der Waals surface area (Å²) in [5, 5.41) is 12.7. The van der Waals surface area contributed by atoms with E-state index in [4.69, 9.17) is 21.1 Å². The van der Waals surface area contributed by atoms with Crippen molar-refractivity contribution in [2.75, 3.05) is 11.4 Å². The van der Waals surface area contributed by atoms with Gasteiger partial charge < -0.3 is 9.47 Å². The maximum absolute atomic E-state index is 13.1. The van der Waals surface area contributed by atoms with Gasteiger partial charge >= 0.3 is 6.09 Å². The van der Waals surface area contributed by atoms with Gasteiger partial charge in [-0.3, -0.25) is 15.0 Å². The van der Waals surface area contributed by atoms with Gasteiger partial charge in [-0.25, -0.2) is 4.79 Å². The van der Waals surface area contributed by atoms with Crippen LogP contribution in [0.3, 0.4) is 0 Å². The molecular formula is C25H24ClIN2O5. The van der Waals surface area contributed by atoms with Gasteiger partial charge in [0.2, 0.25) is 0 Å². The molecule has 0 N–H and O–H groups in total. The van der Waals surface area contributed by atoms with Gasteiger partial charge in [0.25, 0.3) is 5.69 Å². The molecule has 3 aromatic rings. The SMILES string of the molecule is CC(C)(C)OC(=O)N(CC=CCl)c1cc(OCc2ccccc2)c2cc([N+](=O)[O-])ccc2c1I. The molecule has 0 fully saturated rings. The molecule has 0 saturated heterocycles. The van der Waals surface area contributed by atoms with E-state index in [-0.39, 0.29) is 18.8 Å². The van der Waals surface area contributed by atoms with Crippen LogP contribution in [0, 0.1) is 13.7 Å². The predicted octanol–water partition coefficient (Wildman–Crippen LogP) is 7.43. The van der Waals surface area contributed by atoms with Gasteiger partial charge in [0.05, 0.1) is 10.6 Å². The fourth-order valence-corrected chi connectivity index (χ4v) is 4.23. The summed E-state index contributed by atoms with van der Waals surface area (Å²) in [6, 6.07) is 15.9. The summed E-state index contributed by atoms with van der Waals surface area (Å²) in [5.74, 6) is 0.418. The molecule has 0 aromatic heterocycles. The summed E-state index contributed by atoms with van der Waals surface area (Å²) in [6.07, 6.45) is 1.09. The molecule has 0 aliphatic heterocycles. The third-order valence-corrected chi connectivity index (χ3v) is 6.04. The average molecular weight is 595 g/mol. The van der Waals surface area contributed by atoms with Gasteiger partial charge in [0.1, 0.15) is 18.0 Å². The zero-order valence-electron chi connectivity index (χ0n) is 19.0. The minimum absolute atomic E-state index is 0.0466. The molecule has 0 saturated carbocycles. The number of benzene rings is 3. The highest BCUT2D eigenvalue weighted by atomic mass is 127. The van der Waals surface area contributed by atoms with E-state index < -0.39 is 16.6 Å². The van der Waals surface area contributed by atoms with Crippen molar-refractivity contribution < 1.29 is 19.2 Å². The highest BCUT2D eigenvalue weighted by Gasteiger charge is 2.26. The molecule has 9 heteroatoms. The summed E-state index contributed by atoms with van der Waals surface area (Å²) < 4.78 is 12.5. The second-order valence-corrected chi connectivity index (χ2v) is 9.75. The number of fused-ring (bicyclic) bond motifs is 1. The lowest BCUT2D eigenvalue weighted by atomic mass is 10.1. The first-order valence-corrected chi connectivity index (χ1v) is 12.0. The molecule has 0 unspecified atom stereocenters. The molecule has 0 heterocycles. The fraction of sp³-hybridized carbons (Fsp3) is 0.240. The molecule has 0 radical (unpaired) electrons. The number of nitro benzene ring substituents is 1. The van der Waals surface area contributed by atoms with Crippen molar-refractivity contribution in [2.45, 2.75) is 33.0 Å². The van der Waals surface area contributed by atoms with Gasteiger partial charge in [-0.15, -0.1) is 0 Å². The number of halogens is 2. The number of amides is 1. The molecule has 0 bridgehead atoms. The highest BCUT2D eigenvalue weighted by molar-refractivity contribution is 14.1. The minimum atomic E-state index is -0.699. The van der Waals surface area contributed by atoms with Crippen molar-refractivity contribution in [3.63, 3.8) is 0 Å². The van der Waals surface area contributed by atoms with E-state index >= 15 is 0 Å². The Labute approximate surface area is 216 Å². The van der Waals surface area contributed by atoms with Crippen LogP contribution in [-0.2, 0) is 11.3 Å². The van der Waals surface area contributed by atoms with Crippen LogP contribution in [0.2, 0.25) is 0 Å². The van der Waals surface area contributed by atoms with E-state index in [0.717, 1.165) is 14.5 Å². The van der Waals surface area contributed by atoms with Crippen LogP contribution < -0.4 is 9.64 Å². The lowest BCUT2D eigenvalue weighted by Gasteiger charge is -2.28. The molecule has 3 aromatic carbocycles. The van der Waals surface area contributed by atoms with E-state index in [2.05, 4.69) is 22.6 Å². The van der Waals surface area contributed by atoms with Crippen LogP contribution in [-0.4, -0.2) is 23.2 Å². The van der Waals surface area contributed by atoms with Crippen LogP contribution in [0.1, 0.15) is 26.3 Å². The maximum atomic E-state index is 13.1. The van der Waals surface area contributed by atoms with Crippen LogP contribution in [0.5, 0.6) is 5.75 Å². The van der Waals surface area contributed by atoms with Crippen molar-refractivity contribution in [3.8, 4) is 5.75 Å². The molecule has 3 rings (SSSR count). The van der Waals surface area contributed by atoms with Gasteiger partial charge in [0, 0.05) is 44.6 Å². The van der Waals surface area contributed by atoms with Crippen molar-refractivity contribution in [3.05, 3.63) is 85.5 Å². The number of carbonyl (C=O) groups excluding carboxylic acids is 1. The van der Waals surface area contributed by atoms with Crippen LogP contribution >= 0.6 is 34.2 Å². The molecule has 1 amide bonds. The Bertz CT molecular complexity index is 1230. The Hall–Kier alpha value is -2.85. The lowest BCUT2D eigenvalue weighted by Crippen LogP contribution is -2.37. The minimum Gasteiger partial charge on any atom is -0.488 e. The van der Waals surface area contributed by atoms with Crippen LogP contribution in [0.25, 0.3) is 10.8 Å². The Morgan fingerprint density at radius 2 is 1.85 bits per heavy atom. The quantitative estimate of drug-likeness (QED) is 0.161. The third kappa shape index (κ3) is 6.38. The van der Waals surface area contributed by atoms with Crippen LogP contribution in [0.4, 0.5) is 16.2 Å². The number of ether oxygens (including phenoxy) is 2. The number of hydrogen-bond donors (Lipinski definition) is 0. The summed E-state index contributed by atoms with van der Waals surface area (Å²) in [6.45, 7) is 5.80. The molecule has 0 atom stereocenters. The van der Waals surface area contributed by atoms with Crippen LogP contribution in [0.15, 0.2) is 66.2 Å². The number of nitrogens with zero attached hydrogens (tertiary/aromatic N) is 2. The first-order valence-electron chi connectivity index (χ1n) is 10.4. The Balaban J connectivity index is 2.16. The zero-order valence-corrected chi connectivity index (χ0v) is 21.9. The van der Waals surface area contributed by atoms with Gasteiger partial charge in [-0.1, -0.05) is 48.0 Å². The van der Waals surface area contributed by atoms with Crippen molar-refractivity contribution in [2.24, 2.45) is 0 Å². The van der Waals surface area contributed by atoms with Crippen molar-refractivity contribution in [1.82, 2.24) is 0 Å². The summed E-state index contributed by atoms with van der Waals surface area (Å²) in [4.78, 5) is 25.5. The third-order valence-electron chi connectivity index (χ3n) is 4.73. The van der Waals surface area contributed by atoms with Crippen molar-refractivity contribution >= 4 is 62.4 Å². The number of anilines is 1. The van der Waals surface area contributed by atoms with Gasteiger partial charge in [0.15, 0.2) is 0 Å². The largest absolute Gasteiger partial charge is 0.488 e. The molecule has 0 aliphatic carbocycles. The number of carbonyl (C=O) groups is 1. The summed E-state index contributed by atoms with van der Waals surface area (Å²) in [7, 11) is 0. The number of nitro groups is 1.